The fraction of sp³-hybridized carbons (Fsp3) is 0.938. The summed E-state index contributed by atoms with van der Waals surface area (Å²) in [6.45, 7) is 13.4. The smallest absolute Gasteiger partial charge is 0.315 e. The van der Waals surface area contributed by atoms with Crippen LogP contribution in [0.3, 0.4) is 0 Å². The van der Waals surface area contributed by atoms with Crippen LogP contribution in [0.2, 0.25) is 0 Å². The summed E-state index contributed by atoms with van der Waals surface area (Å²) < 4.78 is 35.1. The Bertz CT molecular complexity index is 1830. The van der Waals surface area contributed by atoms with Crippen molar-refractivity contribution in [2.45, 2.75) is 211 Å². The van der Waals surface area contributed by atoms with Gasteiger partial charge in [0.15, 0.2) is 18.7 Å². The van der Waals surface area contributed by atoms with E-state index in [0.29, 0.717) is 38.5 Å². The van der Waals surface area contributed by atoms with Gasteiger partial charge < -0.3 is 89.7 Å². The zero-order valence-electron chi connectivity index (χ0n) is 39.8. The van der Waals surface area contributed by atoms with Crippen LogP contribution in [0, 0.1) is 50.2 Å². The van der Waals surface area contributed by atoms with Gasteiger partial charge in [0.25, 0.3) is 0 Å². The maximum Gasteiger partial charge on any atom is 0.315 e. The predicted molar refractivity (Wildman–Crippen MR) is 232 cm³/mol. The number of carbonyl (C=O) groups excluding carboxylic acids is 1. The van der Waals surface area contributed by atoms with Crippen LogP contribution in [0.4, 0.5) is 0 Å². The normalized spacial score (nSPS) is 53.8. The topological polar surface area (TPSA) is 315 Å². The summed E-state index contributed by atoms with van der Waals surface area (Å²) in [5.41, 5.74) is -1.22. The van der Waals surface area contributed by atoms with E-state index < -0.39 is 141 Å². The molecule has 8 rings (SSSR count). The van der Waals surface area contributed by atoms with E-state index in [-0.39, 0.29) is 39.4 Å². The molecule has 5 aliphatic carbocycles. The molecule has 67 heavy (non-hydrogen) atoms. The summed E-state index contributed by atoms with van der Waals surface area (Å²) in [6.07, 6.45) is -19.3. The lowest BCUT2D eigenvalue weighted by atomic mass is 9.33. The van der Waals surface area contributed by atoms with Crippen LogP contribution in [0.15, 0.2) is 11.6 Å². The van der Waals surface area contributed by atoms with Gasteiger partial charge in [0.05, 0.1) is 37.4 Å². The minimum absolute atomic E-state index is 0.138. The van der Waals surface area contributed by atoms with Crippen molar-refractivity contribution in [3.05, 3.63) is 11.6 Å². The largest absolute Gasteiger partial charge is 0.432 e. The van der Waals surface area contributed by atoms with Gasteiger partial charge in [-0.25, -0.2) is 0 Å². The van der Waals surface area contributed by atoms with Crippen LogP contribution in [0.5, 0.6) is 0 Å². The van der Waals surface area contributed by atoms with E-state index in [4.69, 9.17) is 28.4 Å². The molecule has 0 amide bonds. The van der Waals surface area contributed by atoms with Gasteiger partial charge in [0.2, 0.25) is 6.29 Å². The Balaban J connectivity index is 1.05. The van der Waals surface area contributed by atoms with E-state index in [9.17, 15) is 61.3 Å². The first kappa shape index (κ1) is 51.9. The van der Waals surface area contributed by atoms with Crippen LogP contribution in [0.25, 0.3) is 0 Å². The first-order valence-electron chi connectivity index (χ1n) is 24.4. The van der Waals surface area contributed by atoms with E-state index in [1.165, 1.54) is 5.57 Å². The molecule has 3 saturated heterocycles. The first-order valence-corrected chi connectivity index (χ1v) is 24.4. The van der Waals surface area contributed by atoms with Crippen LogP contribution in [-0.2, 0) is 33.2 Å². The Morgan fingerprint density at radius 2 is 1.21 bits per heavy atom. The maximum absolute atomic E-state index is 15.2. The molecule has 19 nitrogen and oxygen atoms in total. The average Bonchev–Trinajstić information content (AvgIpc) is 3.27. The molecule has 7 fully saturated rings. The first-order chi connectivity index (χ1) is 31.2. The van der Waals surface area contributed by atoms with E-state index in [1.807, 2.05) is 0 Å². The van der Waals surface area contributed by atoms with Gasteiger partial charge in [-0.3, -0.25) is 4.79 Å². The van der Waals surface area contributed by atoms with Crippen LogP contribution >= 0.6 is 0 Å². The van der Waals surface area contributed by atoms with E-state index >= 15 is 4.79 Å². The van der Waals surface area contributed by atoms with Crippen molar-refractivity contribution < 1.29 is 94.5 Å². The summed E-state index contributed by atoms with van der Waals surface area (Å²) in [6, 6.07) is 0. The van der Waals surface area contributed by atoms with Gasteiger partial charge in [-0.15, -0.1) is 0 Å². The number of rotatable bonds is 9. The number of aliphatic hydroxyl groups excluding tert-OH is 12. The van der Waals surface area contributed by atoms with Crippen molar-refractivity contribution in [3.8, 4) is 0 Å². The average molecular weight is 959 g/mol. The second-order valence-electron chi connectivity index (χ2n) is 23.7. The summed E-state index contributed by atoms with van der Waals surface area (Å²) in [5, 5.41) is 129. The summed E-state index contributed by atoms with van der Waals surface area (Å²) >= 11 is 0. The molecule has 24 atom stereocenters. The third-order valence-electron chi connectivity index (χ3n) is 19.3. The Morgan fingerprint density at radius 1 is 0.642 bits per heavy atom. The standard InChI is InChI=1S/C48H78O19/c1-43(2)12-14-48(15-13-46(6)21(22(48)16-43)8-9-28-45(5)17-23(51)38(60)44(3,4)27(45)10-11-47(28,46)7)42(61)67-41-37(34(57)30(53)25(19-50)64-41)66-40-36(59)33(56)31(54)26(65-40)20-62-39-35(58)32(55)29(52)24(18-49)63-39/h8,22-41,49-60H,9-20H2,1-7H3/t22-,23-,24-,25-,26+,27-,28-,29+,30-,31-,32-,33+,34+,35-,36+,37+,38-,39-,40+,41-,45+,46+,47+,48-/m1/s1. The molecule has 0 spiro atoms. The van der Waals surface area contributed by atoms with Gasteiger partial charge in [0, 0.05) is 0 Å². The molecule has 384 valence electrons. The number of fused-ring (bicyclic) bond motifs is 7. The summed E-state index contributed by atoms with van der Waals surface area (Å²) in [5.74, 6) is -0.460. The maximum atomic E-state index is 15.2. The summed E-state index contributed by atoms with van der Waals surface area (Å²) in [4.78, 5) is 15.2. The SMILES string of the molecule is CC1(C)CC[C@@]2(C(=O)O[C@H]3O[C@H](CO)[C@@H](O)[C@H](O)[C@@H]3O[C@@H]3O[C@@H](CO[C@@H]4O[C@H](CO)[C@H](O)[C@@H](O)[C@H]4O)[C@@H](O)[C@H](O)[C@@H]3O)CC[C@@]3(C)C(=CC[C@@H]4[C@@]5(C)C[C@@H](O)[C@@H](O)C(C)(C)[C@H]5CC[C@@]43C)[C@H]2C1. The van der Waals surface area contributed by atoms with Crippen LogP contribution in [-0.4, -0.2) is 191 Å². The van der Waals surface area contributed by atoms with Crippen LogP contribution < -0.4 is 0 Å². The number of hydrogen-bond acceptors (Lipinski definition) is 19. The van der Waals surface area contributed by atoms with Crippen molar-refractivity contribution in [3.63, 3.8) is 0 Å². The highest BCUT2D eigenvalue weighted by Crippen LogP contribution is 2.76. The Kier molecular flexibility index (Phi) is 14.1. The second kappa shape index (κ2) is 18.2. The Labute approximate surface area is 392 Å². The number of esters is 1. The zero-order chi connectivity index (χ0) is 49.1. The molecule has 0 radical (unpaired) electrons. The monoisotopic (exact) mass is 959 g/mol. The highest BCUT2D eigenvalue weighted by Gasteiger charge is 2.70. The van der Waals surface area contributed by atoms with E-state index in [0.717, 1.165) is 19.3 Å². The van der Waals surface area contributed by atoms with E-state index in [2.05, 4.69) is 54.5 Å². The quantitative estimate of drug-likeness (QED) is 0.0986. The number of hydrogen-bond donors (Lipinski definition) is 12. The molecule has 0 bridgehead atoms. The van der Waals surface area contributed by atoms with Crippen LogP contribution in [0.1, 0.15) is 106 Å². The Hall–Kier alpha value is -1.47. The van der Waals surface area contributed by atoms with E-state index in [1.54, 1.807) is 0 Å². The molecule has 12 N–H and O–H groups in total. The third kappa shape index (κ3) is 8.19. The van der Waals surface area contributed by atoms with Crippen molar-refractivity contribution in [2.75, 3.05) is 19.8 Å². The number of ether oxygens (including phenoxy) is 6. The lowest BCUT2D eigenvalue weighted by Gasteiger charge is -2.71. The fourth-order valence-corrected chi connectivity index (χ4v) is 15.0. The Morgan fingerprint density at radius 3 is 1.85 bits per heavy atom. The van der Waals surface area contributed by atoms with Gasteiger partial charge in [-0.05, 0) is 103 Å². The molecule has 3 aliphatic heterocycles. The molecular weight excluding hydrogens is 881 g/mol. The molecule has 8 aliphatic rings. The van der Waals surface area contributed by atoms with Gasteiger partial charge in [-0.1, -0.05) is 60.1 Å². The van der Waals surface area contributed by atoms with Crippen molar-refractivity contribution >= 4 is 5.97 Å². The minimum Gasteiger partial charge on any atom is -0.432 e. The number of allylic oxidation sites excluding steroid dienone is 2. The highest BCUT2D eigenvalue weighted by molar-refractivity contribution is 5.79. The molecule has 3 heterocycles. The molecule has 0 aromatic carbocycles. The van der Waals surface area contributed by atoms with Gasteiger partial charge in [-0.2, -0.15) is 0 Å². The number of carbonyl (C=O) groups is 1. The molecular formula is C48H78O19. The molecule has 4 saturated carbocycles. The summed E-state index contributed by atoms with van der Waals surface area (Å²) in [7, 11) is 0. The molecule has 0 aromatic rings. The van der Waals surface area contributed by atoms with Crippen molar-refractivity contribution in [1.82, 2.24) is 0 Å². The minimum atomic E-state index is -1.98. The lowest BCUT2D eigenvalue weighted by Crippen LogP contribution is -2.67. The van der Waals surface area contributed by atoms with Crippen molar-refractivity contribution in [2.24, 2.45) is 50.2 Å². The molecule has 0 unspecified atom stereocenters. The van der Waals surface area contributed by atoms with Gasteiger partial charge >= 0.3 is 5.97 Å². The second-order valence-corrected chi connectivity index (χ2v) is 23.7. The molecule has 19 heteroatoms. The number of aliphatic hydroxyl groups is 12. The predicted octanol–water partition coefficient (Wildman–Crippen LogP) is -0.889. The third-order valence-corrected chi connectivity index (χ3v) is 19.3. The fourth-order valence-electron chi connectivity index (χ4n) is 15.0. The zero-order valence-corrected chi connectivity index (χ0v) is 39.8. The molecule has 0 aromatic heterocycles. The lowest BCUT2D eigenvalue weighted by molar-refractivity contribution is -0.369. The van der Waals surface area contributed by atoms with Gasteiger partial charge in [0.1, 0.15) is 67.1 Å². The highest BCUT2D eigenvalue weighted by atomic mass is 16.8. The van der Waals surface area contributed by atoms with Crippen molar-refractivity contribution in [1.29, 1.82) is 0 Å².